The van der Waals surface area contributed by atoms with Crippen LogP contribution in [-0.4, -0.2) is 23.6 Å². The van der Waals surface area contributed by atoms with Crippen molar-refractivity contribution in [3.63, 3.8) is 0 Å². The molecule has 0 saturated heterocycles. The first-order chi connectivity index (χ1) is 8.86. The summed E-state index contributed by atoms with van der Waals surface area (Å²) in [7, 11) is 1.93. The summed E-state index contributed by atoms with van der Waals surface area (Å²) in [5.74, 6) is 0.966. The fourth-order valence-corrected chi connectivity index (χ4v) is 1.97. The van der Waals surface area contributed by atoms with E-state index < -0.39 is 0 Å². The maximum atomic E-state index is 4.42. The molecule has 0 aliphatic rings. The summed E-state index contributed by atoms with van der Waals surface area (Å²) in [6.07, 6.45) is 3.46. The second-order valence-electron chi connectivity index (χ2n) is 3.98. The largest absolute Gasteiger partial charge is 0.326 e. The number of benzene rings is 1. The van der Waals surface area contributed by atoms with Crippen LogP contribution < -0.4 is 10.2 Å². The van der Waals surface area contributed by atoms with Crippen LogP contribution in [0.25, 0.3) is 0 Å². The summed E-state index contributed by atoms with van der Waals surface area (Å²) in [6.45, 7) is 3.76. The molecule has 0 atom stereocenters. The Morgan fingerprint density at radius 2 is 2.00 bits per heavy atom. The van der Waals surface area contributed by atoms with Gasteiger partial charge in [-0.25, -0.2) is 9.97 Å². The van der Waals surface area contributed by atoms with E-state index in [0.29, 0.717) is 0 Å². The lowest BCUT2D eigenvalue weighted by molar-refractivity contribution is 0.798. The van der Waals surface area contributed by atoms with Crippen LogP contribution >= 0.6 is 0 Å². The quantitative estimate of drug-likeness (QED) is 0.874. The van der Waals surface area contributed by atoms with Crippen molar-refractivity contribution in [1.29, 1.82) is 0 Å². The Morgan fingerprint density at radius 1 is 1.22 bits per heavy atom. The highest BCUT2D eigenvalue weighted by molar-refractivity contribution is 5.62. The molecular weight excluding hydrogens is 224 g/mol. The van der Waals surface area contributed by atoms with Crippen LogP contribution in [0.5, 0.6) is 0 Å². The van der Waals surface area contributed by atoms with Crippen LogP contribution in [0.2, 0.25) is 0 Å². The van der Waals surface area contributed by atoms with Crippen LogP contribution in [0.15, 0.2) is 42.9 Å². The Bertz CT molecular complexity index is 484. The maximum Gasteiger partial charge on any atom is 0.140 e. The maximum absolute atomic E-state index is 4.42. The SMILES string of the molecule is CCN(c1ccccc1)c1ncncc1CNC. The van der Waals surface area contributed by atoms with Crippen LogP contribution in [-0.2, 0) is 6.54 Å². The molecule has 0 radical (unpaired) electrons. The van der Waals surface area contributed by atoms with Gasteiger partial charge >= 0.3 is 0 Å². The number of para-hydroxylation sites is 1. The lowest BCUT2D eigenvalue weighted by atomic mass is 10.2. The first kappa shape index (κ1) is 12.5. The Kier molecular flexibility index (Phi) is 4.25. The normalized spacial score (nSPS) is 10.3. The zero-order chi connectivity index (χ0) is 12.8. The Hall–Kier alpha value is -1.94. The van der Waals surface area contributed by atoms with Gasteiger partial charge in [0.1, 0.15) is 12.1 Å². The molecule has 1 aromatic heterocycles. The molecule has 4 nitrogen and oxygen atoms in total. The number of nitrogens with zero attached hydrogens (tertiary/aromatic N) is 3. The average Bonchev–Trinajstić information content (AvgIpc) is 2.43. The molecule has 0 spiro atoms. The number of hydrogen-bond donors (Lipinski definition) is 1. The summed E-state index contributed by atoms with van der Waals surface area (Å²) >= 11 is 0. The molecule has 0 unspecified atom stereocenters. The predicted molar refractivity (Wildman–Crippen MR) is 73.9 cm³/mol. The second-order valence-corrected chi connectivity index (χ2v) is 3.98. The van der Waals surface area contributed by atoms with E-state index in [1.54, 1.807) is 6.33 Å². The molecular formula is C14H18N4. The van der Waals surface area contributed by atoms with E-state index >= 15 is 0 Å². The van der Waals surface area contributed by atoms with Crippen molar-refractivity contribution in [3.8, 4) is 0 Å². The van der Waals surface area contributed by atoms with E-state index in [2.05, 4.69) is 39.2 Å². The van der Waals surface area contributed by atoms with E-state index in [-0.39, 0.29) is 0 Å². The third-order valence-corrected chi connectivity index (χ3v) is 2.77. The van der Waals surface area contributed by atoms with Crippen molar-refractivity contribution in [2.45, 2.75) is 13.5 Å². The van der Waals surface area contributed by atoms with Crippen molar-refractivity contribution in [2.75, 3.05) is 18.5 Å². The Morgan fingerprint density at radius 3 is 2.67 bits per heavy atom. The van der Waals surface area contributed by atoms with Gasteiger partial charge < -0.3 is 10.2 Å². The van der Waals surface area contributed by atoms with Crippen molar-refractivity contribution in [1.82, 2.24) is 15.3 Å². The van der Waals surface area contributed by atoms with Gasteiger partial charge in [0.05, 0.1) is 0 Å². The molecule has 1 N–H and O–H groups in total. The van der Waals surface area contributed by atoms with Crippen LogP contribution in [0, 0.1) is 0 Å². The van der Waals surface area contributed by atoms with Crippen molar-refractivity contribution in [3.05, 3.63) is 48.4 Å². The van der Waals surface area contributed by atoms with Gasteiger partial charge in [0.2, 0.25) is 0 Å². The van der Waals surface area contributed by atoms with Gasteiger partial charge in [0, 0.05) is 30.5 Å². The summed E-state index contributed by atoms with van der Waals surface area (Å²) < 4.78 is 0. The molecule has 4 heteroatoms. The topological polar surface area (TPSA) is 41.1 Å². The number of anilines is 2. The van der Waals surface area contributed by atoms with Gasteiger partial charge in [-0.15, -0.1) is 0 Å². The lowest BCUT2D eigenvalue weighted by Gasteiger charge is -2.24. The summed E-state index contributed by atoms with van der Waals surface area (Å²) in [6, 6.07) is 10.3. The number of aromatic nitrogens is 2. The smallest absolute Gasteiger partial charge is 0.140 e. The molecule has 0 amide bonds. The Balaban J connectivity index is 2.39. The van der Waals surface area contributed by atoms with E-state index in [0.717, 1.165) is 30.2 Å². The van der Waals surface area contributed by atoms with Crippen molar-refractivity contribution in [2.24, 2.45) is 0 Å². The standard InChI is InChI=1S/C14H18N4/c1-3-18(13-7-5-4-6-8-13)14-12(9-15-2)10-16-11-17-14/h4-8,10-11,15H,3,9H2,1-2H3. The third kappa shape index (κ3) is 2.65. The van der Waals surface area contributed by atoms with E-state index in [1.165, 1.54) is 0 Å². The van der Waals surface area contributed by atoms with Crippen LogP contribution in [0.1, 0.15) is 12.5 Å². The minimum absolute atomic E-state index is 0.763. The first-order valence-electron chi connectivity index (χ1n) is 6.13. The molecule has 0 bridgehead atoms. The van der Waals surface area contributed by atoms with Crippen molar-refractivity contribution >= 4 is 11.5 Å². The van der Waals surface area contributed by atoms with Gasteiger partial charge in [-0.05, 0) is 26.1 Å². The highest BCUT2D eigenvalue weighted by Crippen LogP contribution is 2.25. The second kappa shape index (κ2) is 6.12. The molecule has 0 fully saturated rings. The molecule has 0 aliphatic carbocycles. The molecule has 0 saturated carbocycles. The van der Waals surface area contributed by atoms with Gasteiger partial charge in [0.15, 0.2) is 0 Å². The summed E-state index contributed by atoms with van der Waals surface area (Å²) in [5, 5.41) is 3.15. The monoisotopic (exact) mass is 242 g/mol. The number of rotatable bonds is 5. The fourth-order valence-electron chi connectivity index (χ4n) is 1.97. The van der Waals surface area contributed by atoms with E-state index in [1.807, 2.05) is 31.4 Å². The molecule has 0 aliphatic heterocycles. The minimum atomic E-state index is 0.763. The number of nitrogens with one attached hydrogen (secondary N) is 1. The predicted octanol–water partition coefficient (Wildman–Crippen LogP) is 2.35. The van der Waals surface area contributed by atoms with Gasteiger partial charge in [-0.2, -0.15) is 0 Å². The van der Waals surface area contributed by atoms with Crippen LogP contribution in [0.3, 0.4) is 0 Å². The molecule has 1 aromatic carbocycles. The van der Waals surface area contributed by atoms with Crippen LogP contribution in [0.4, 0.5) is 11.5 Å². The molecule has 1 heterocycles. The number of hydrogen-bond acceptors (Lipinski definition) is 4. The molecule has 94 valence electrons. The molecule has 2 aromatic rings. The highest BCUT2D eigenvalue weighted by Gasteiger charge is 2.12. The van der Waals surface area contributed by atoms with Gasteiger partial charge in [-0.3, -0.25) is 0 Å². The zero-order valence-electron chi connectivity index (χ0n) is 10.8. The van der Waals surface area contributed by atoms with Gasteiger partial charge in [-0.1, -0.05) is 18.2 Å². The lowest BCUT2D eigenvalue weighted by Crippen LogP contribution is -2.20. The third-order valence-electron chi connectivity index (χ3n) is 2.77. The average molecular weight is 242 g/mol. The summed E-state index contributed by atoms with van der Waals surface area (Å²) in [4.78, 5) is 10.7. The minimum Gasteiger partial charge on any atom is -0.326 e. The highest BCUT2D eigenvalue weighted by atomic mass is 15.2. The molecule has 2 rings (SSSR count). The van der Waals surface area contributed by atoms with Gasteiger partial charge in [0.25, 0.3) is 0 Å². The summed E-state index contributed by atoms with van der Waals surface area (Å²) in [5.41, 5.74) is 2.25. The van der Waals surface area contributed by atoms with E-state index in [9.17, 15) is 0 Å². The van der Waals surface area contributed by atoms with Crippen molar-refractivity contribution < 1.29 is 0 Å². The zero-order valence-corrected chi connectivity index (χ0v) is 10.8. The van der Waals surface area contributed by atoms with E-state index in [4.69, 9.17) is 0 Å². The first-order valence-corrected chi connectivity index (χ1v) is 6.13. The molecule has 18 heavy (non-hydrogen) atoms. The Labute approximate surface area is 108 Å². The fraction of sp³-hybridized carbons (Fsp3) is 0.286.